The maximum absolute atomic E-state index is 5.53. The van der Waals surface area contributed by atoms with Crippen LogP contribution in [0, 0.1) is 6.92 Å². The van der Waals surface area contributed by atoms with Crippen molar-refractivity contribution in [2.24, 2.45) is 5.73 Å². The Bertz CT molecular complexity index is 271. The van der Waals surface area contributed by atoms with E-state index in [1.807, 2.05) is 6.07 Å². The molecular formula is C8H9Br2N. The highest BCUT2D eigenvalue weighted by Crippen LogP contribution is 2.26. The Balaban J connectivity index is 3.21. The first kappa shape index (κ1) is 9.23. The van der Waals surface area contributed by atoms with Crippen LogP contribution in [-0.2, 0) is 6.54 Å². The third-order valence-electron chi connectivity index (χ3n) is 1.60. The number of halogens is 2. The molecule has 1 rings (SSSR count). The van der Waals surface area contributed by atoms with E-state index >= 15 is 0 Å². The predicted molar refractivity (Wildman–Crippen MR) is 54.5 cm³/mol. The second kappa shape index (κ2) is 3.70. The summed E-state index contributed by atoms with van der Waals surface area (Å²) in [6, 6.07) is 4.10. The summed E-state index contributed by atoms with van der Waals surface area (Å²) in [4.78, 5) is 0. The monoisotopic (exact) mass is 277 g/mol. The molecule has 3 heteroatoms. The lowest BCUT2D eigenvalue weighted by molar-refractivity contribution is 1.04. The lowest BCUT2D eigenvalue weighted by atomic mass is 10.1. The minimum absolute atomic E-state index is 0.595. The average molecular weight is 279 g/mol. The first-order valence-electron chi connectivity index (χ1n) is 3.29. The lowest BCUT2D eigenvalue weighted by Gasteiger charge is -2.04. The van der Waals surface area contributed by atoms with Gasteiger partial charge in [0.1, 0.15) is 0 Å². The van der Waals surface area contributed by atoms with Gasteiger partial charge in [0.2, 0.25) is 0 Å². The Hall–Kier alpha value is 0.140. The van der Waals surface area contributed by atoms with Crippen LogP contribution in [0.1, 0.15) is 11.1 Å². The van der Waals surface area contributed by atoms with E-state index in [9.17, 15) is 0 Å². The first-order chi connectivity index (χ1) is 5.15. The van der Waals surface area contributed by atoms with Crippen LogP contribution in [0.25, 0.3) is 0 Å². The molecule has 0 bridgehead atoms. The molecule has 0 saturated carbocycles. The number of hydrogen-bond donors (Lipinski definition) is 1. The van der Waals surface area contributed by atoms with Gasteiger partial charge in [0, 0.05) is 15.5 Å². The van der Waals surface area contributed by atoms with E-state index < -0.39 is 0 Å². The molecule has 0 atom stereocenters. The van der Waals surface area contributed by atoms with Crippen molar-refractivity contribution in [1.29, 1.82) is 0 Å². The van der Waals surface area contributed by atoms with Crippen LogP contribution in [0.5, 0.6) is 0 Å². The second-order valence-electron chi connectivity index (χ2n) is 2.40. The Morgan fingerprint density at radius 3 is 2.36 bits per heavy atom. The zero-order valence-electron chi connectivity index (χ0n) is 6.20. The molecular weight excluding hydrogens is 270 g/mol. The molecule has 0 unspecified atom stereocenters. The van der Waals surface area contributed by atoms with Gasteiger partial charge in [-0.25, -0.2) is 0 Å². The minimum Gasteiger partial charge on any atom is -0.326 e. The number of nitrogens with two attached hydrogens (primary N) is 1. The summed E-state index contributed by atoms with van der Waals surface area (Å²) >= 11 is 6.84. The van der Waals surface area contributed by atoms with Crippen molar-refractivity contribution < 1.29 is 0 Å². The molecule has 0 spiro atoms. The van der Waals surface area contributed by atoms with Gasteiger partial charge in [-0.05, 0) is 62.0 Å². The van der Waals surface area contributed by atoms with Crippen molar-refractivity contribution in [2.45, 2.75) is 13.5 Å². The molecule has 1 nitrogen and oxygen atoms in total. The Kier molecular flexibility index (Phi) is 3.10. The summed E-state index contributed by atoms with van der Waals surface area (Å²) in [5, 5.41) is 0. The number of benzene rings is 1. The van der Waals surface area contributed by atoms with Crippen molar-refractivity contribution in [1.82, 2.24) is 0 Å². The molecule has 0 aromatic heterocycles. The lowest BCUT2D eigenvalue weighted by Crippen LogP contribution is -1.98. The van der Waals surface area contributed by atoms with Crippen LogP contribution in [0.4, 0.5) is 0 Å². The summed E-state index contributed by atoms with van der Waals surface area (Å²) < 4.78 is 2.13. The fourth-order valence-corrected chi connectivity index (χ4v) is 1.76. The molecule has 0 aliphatic carbocycles. The molecule has 0 aliphatic heterocycles. The molecule has 60 valence electrons. The maximum atomic E-state index is 5.53. The second-order valence-corrected chi connectivity index (χ2v) is 4.11. The van der Waals surface area contributed by atoms with Crippen molar-refractivity contribution in [3.05, 3.63) is 32.2 Å². The van der Waals surface area contributed by atoms with Crippen molar-refractivity contribution >= 4 is 31.9 Å². The summed E-state index contributed by atoms with van der Waals surface area (Å²) in [7, 11) is 0. The fourth-order valence-electron chi connectivity index (χ4n) is 0.907. The molecule has 0 amide bonds. The average Bonchev–Trinajstić information content (AvgIpc) is 1.97. The van der Waals surface area contributed by atoms with Crippen molar-refractivity contribution in [3.63, 3.8) is 0 Å². The fraction of sp³-hybridized carbons (Fsp3) is 0.250. The SMILES string of the molecule is Cc1cc(Br)c(Br)cc1CN. The quantitative estimate of drug-likeness (QED) is 0.840. The van der Waals surface area contributed by atoms with Gasteiger partial charge in [0.25, 0.3) is 0 Å². The largest absolute Gasteiger partial charge is 0.326 e. The van der Waals surface area contributed by atoms with E-state index in [1.165, 1.54) is 11.1 Å². The summed E-state index contributed by atoms with van der Waals surface area (Å²) in [6.45, 7) is 2.65. The number of aryl methyl sites for hydroxylation is 1. The van der Waals surface area contributed by atoms with E-state index in [4.69, 9.17) is 5.73 Å². The van der Waals surface area contributed by atoms with Gasteiger partial charge in [-0.3, -0.25) is 0 Å². The number of hydrogen-bond acceptors (Lipinski definition) is 1. The third kappa shape index (κ3) is 2.04. The Morgan fingerprint density at radius 1 is 1.27 bits per heavy atom. The molecule has 0 heterocycles. The maximum Gasteiger partial charge on any atom is 0.0320 e. The van der Waals surface area contributed by atoms with Crippen LogP contribution in [0.3, 0.4) is 0 Å². The van der Waals surface area contributed by atoms with Crippen LogP contribution in [-0.4, -0.2) is 0 Å². The van der Waals surface area contributed by atoms with Crippen LogP contribution < -0.4 is 5.73 Å². The van der Waals surface area contributed by atoms with E-state index in [1.54, 1.807) is 0 Å². The molecule has 0 saturated heterocycles. The number of rotatable bonds is 1. The van der Waals surface area contributed by atoms with Gasteiger partial charge in [-0.2, -0.15) is 0 Å². The molecule has 0 fully saturated rings. The Morgan fingerprint density at radius 2 is 1.82 bits per heavy atom. The summed E-state index contributed by atoms with van der Waals surface area (Å²) in [5.74, 6) is 0. The topological polar surface area (TPSA) is 26.0 Å². The summed E-state index contributed by atoms with van der Waals surface area (Å²) in [5.41, 5.74) is 7.94. The zero-order chi connectivity index (χ0) is 8.43. The van der Waals surface area contributed by atoms with E-state index in [0.29, 0.717) is 6.54 Å². The minimum atomic E-state index is 0.595. The van der Waals surface area contributed by atoms with E-state index in [0.717, 1.165) is 8.95 Å². The predicted octanol–water partition coefficient (Wildman–Crippen LogP) is 2.98. The third-order valence-corrected chi connectivity index (χ3v) is 3.44. The molecule has 0 aliphatic rings. The molecule has 1 aromatic rings. The summed E-state index contributed by atoms with van der Waals surface area (Å²) in [6.07, 6.45) is 0. The molecule has 2 N–H and O–H groups in total. The standard InChI is InChI=1S/C8H9Br2N/c1-5-2-7(9)8(10)3-6(5)4-11/h2-3H,4,11H2,1H3. The zero-order valence-corrected chi connectivity index (χ0v) is 9.37. The highest BCUT2D eigenvalue weighted by atomic mass is 79.9. The molecule has 0 radical (unpaired) electrons. The smallest absolute Gasteiger partial charge is 0.0320 e. The van der Waals surface area contributed by atoms with Gasteiger partial charge in [-0.15, -0.1) is 0 Å². The van der Waals surface area contributed by atoms with Crippen LogP contribution >= 0.6 is 31.9 Å². The molecule has 11 heavy (non-hydrogen) atoms. The van der Waals surface area contributed by atoms with Crippen LogP contribution in [0.2, 0.25) is 0 Å². The van der Waals surface area contributed by atoms with Gasteiger partial charge >= 0.3 is 0 Å². The van der Waals surface area contributed by atoms with E-state index in [-0.39, 0.29) is 0 Å². The highest BCUT2D eigenvalue weighted by molar-refractivity contribution is 9.13. The van der Waals surface area contributed by atoms with Crippen molar-refractivity contribution in [2.75, 3.05) is 0 Å². The van der Waals surface area contributed by atoms with Gasteiger partial charge in [0.15, 0.2) is 0 Å². The molecule has 1 aromatic carbocycles. The van der Waals surface area contributed by atoms with Gasteiger partial charge in [0.05, 0.1) is 0 Å². The normalized spacial score (nSPS) is 10.2. The van der Waals surface area contributed by atoms with Gasteiger partial charge in [-0.1, -0.05) is 0 Å². The van der Waals surface area contributed by atoms with Gasteiger partial charge < -0.3 is 5.73 Å². The van der Waals surface area contributed by atoms with E-state index in [2.05, 4.69) is 44.8 Å². The Labute approximate surface area is 83.2 Å². The highest BCUT2D eigenvalue weighted by Gasteiger charge is 2.00. The van der Waals surface area contributed by atoms with Crippen LogP contribution in [0.15, 0.2) is 21.1 Å². The van der Waals surface area contributed by atoms with Crippen molar-refractivity contribution in [3.8, 4) is 0 Å². The first-order valence-corrected chi connectivity index (χ1v) is 4.88.